The van der Waals surface area contributed by atoms with Crippen molar-refractivity contribution in [1.29, 1.82) is 0 Å². The minimum absolute atomic E-state index is 0.959. The topological polar surface area (TPSA) is 37.9 Å². The van der Waals surface area contributed by atoms with E-state index in [1.807, 2.05) is 12.3 Å². The summed E-state index contributed by atoms with van der Waals surface area (Å²) in [5.41, 5.74) is 7.28. The van der Waals surface area contributed by atoms with Crippen LogP contribution in [0.5, 0.6) is 0 Å². The van der Waals surface area contributed by atoms with E-state index in [0.29, 0.717) is 0 Å². The van der Waals surface area contributed by atoms with Gasteiger partial charge >= 0.3 is 0 Å². The molecule has 5 heteroatoms. The van der Waals surface area contributed by atoms with Gasteiger partial charge in [-0.2, -0.15) is 0 Å². The molecule has 1 fully saturated rings. The number of anilines is 1. The standard InChI is InChI=1S/C27H25N5/c1-2-8-22(9-3-1)27-25-18-21(20-32(25)24-11-5-4-10-23(24)29-27)19-30-14-16-31(17-15-30)26-12-6-7-13-28-26/h1-13,18,20H,14-17,19H2/p+1. The molecule has 0 amide bonds. The molecule has 0 aliphatic carbocycles. The molecule has 158 valence electrons. The molecule has 1 aliphatic heterocycles. The Balaban J connectivity index is 1.31. The Hall–Kier alpha value is -3.70. The first-order valence-electron chi connectivity index (χ1n) is 11.2. The zero-order chi connectivity index (χ0) is 21.3. The fourth-order valence-electron chi connectivity index (χ4n) is 4.74. The molecular formula is C27H26N5+. The van der Waals surface area contributed by atoms with E-state index in [2.05, 4.69) is 103 Å². The minimum atomic E-state index is 0.959. The predicted octanol–water partition coefficient (Wildman–Crippen LogP) is 4.29. The second-order valence-electron chi connectivity index (χ2n) is 8.44. The summed E-state index contributed by atoms with van der Waals surface area (Å²) in [7, 11) is 0. The average molecular weight is 421 g/mol. The van der Waals surface area contributed by atoms with Crippen molar-refractivity contribution in [3.05, 3.63) is 96.8 Å². The van der Waals surface area contributed by atoms with Gasteiger partial charge in [-0.1, -0.05) is 36.4 Å². The summed E-state index contributed by atoms with van der Waals surface area (Å²) in [4.78, 5) is 13.1. The van der Waals surface area contributed by atoms with Crippen LogP contribution in [0, 0.1) is 0 Å². The van der Waals surface area contributed by atoms with Crippen molar-refractivity contribution >= 4 is 22.4 Å². The van der Waals surface area contributed by atoms with Crippen molar-refractivity contribution in [2.45, 2.75) is 6.54 Å². The van der Waals surface area contributed by atoms with E-state index in [1.165, 1.54) is 22.2 Å². The number of fused-ring (bicyclic) bond motifs is 3. The lowest BCUT2D eigenvalue weighted by Gasteiger charge is -2.35. The van der Waals surface area contributed by atoms with E-state index in [0.717, 1.165) is 49.8 Å². The highest BCUT2D eigenvalue weighted by atomic mass is 15.3. The van der Waals surface area contributed by atoms with Gasteiger partial charge in [0.25, 0.3) is 0 Å². The second kappa shape index (κ2) is 8.09. The van der Waals surface area contributed by atoms with Gasteiger partial charge in [-0.25, -0.2) is 9.97 Å². The van der Waals surface area contributed by atoms with Crippen LogP contribution in [0.1, 0.15) is 5.56 Å². The highest BCUT2D eigenvalue weighted by Crippen LogP contribution is 2.26. The van der Waals surface area contributed by atoms with Crippen LogP contribution in [0.25, 0.3) is 27.8 Å². The van der Waals surface area contributed by atoms with Gasteiger partial charge in [0.05, 0.1) is 0 Å². The van der Waals surface area contributed by atoms with Crippen LogP contribution >= 0.6 is 0 Å². The van der Waals surface area contributed by atoms with Gasteiger partial charge in [-0.05, 0) is 42.0 Å². The summed E-state index contributed by atoms with van der Waals surface area (Å²) in [6, 6.07) is 27.6. The van der Waals surface area contributed by atoms with Crippen LogP contribution in [0.15, 0.2) is 91.3 Å². The van der Waals surface area contributed by atoms with Crippen LogP contribution in [0.3, 0.4) is 0 Å². The Morgan fingerprint density at radius 3 is 2.38 bits per heavy atom. The molecule has 2 aromatic carbocycles. The SMILES string of the molecule is c1ccc(-c2[nH+]c3ccccc3n3cc(CN4CCN(c5ccccn5)CC4)cc23)cc1. The number of hydrogen-bond donors (Lipinski definition) is 0. The average Bonchev–Trinajstić information content (AvgIpc) is 3.29. The molecule has 0 spiro atoms. The first-order chi connectivity index (χ1) is 15.8. The van der Waals surface area contributed by atoms with E-state index in [1.54, 1.807) is 0 Å². The highest BCUT2D eigenvalue weighted by molar-refractivity contribution is 5.83. The molecule has 0 radical (unpaired) electrons. The summed E-state index contributed by atoms with van der Waals surface area (Å²) in [6.07, 6.45) is 4.18. The molecule has 4 heterocycles. The lowest BCUT2D eigenvalue weighted by Crippen LogP contribution is -2.46. The number of pyridine rings is 1. The van der Waals surface area contributed by atoms with Crippen molar-refractivity contribution in [3.63, 3.8) is 0 Å². The van der Waals surface area contributed by atoms with Gasteiger partial charge in [0, 0.05) is 56.7 Å². The van der Waals surface area contributed by atoms with Gasteiger partial charge in [-0.3, -0.25) is 4.90 Å². The molecule has 0 unspecified atom stereocenters. The highest BCUT2D eigenvalue weighted by Gasteiger charge is 2.21. The van der Waals surface area contributed by atoms with Crippen LogP contribution < -0.4 is 9.88 Å². The summed E-state index contributed by atoms with van der Waals surface area (Å²) in [5.74, 6) is 1.08. The van der Waals surface area contributed by atoms with Crippen molar-refractivity contribution in [2.24, 2.45) is 0 Å². The number of rotatable bonds is 4. The third-order valence-corrected chi connectivity index (χ3v) is 6.37. The zero-order valence-corrected chi connectivity index (χ0v) is 18.0. The number of piperazine rings is 1. The molecule has 6 rings (SSSR count). The monoisotopic (exact) mass is 420 g/mol. The number of hydrogen-bond acceptors (Lipinski definition) is 3. The molecular weight excluding hydrogens is 394 g/mol. The Kier molecular flexibility index (Phi) is 4.81. The van der Waals surface area contributed by atoms with Crippen LogP contribution in [0.2, 0.25) is 0 Å². The van der Waals surface area contributed by atoms with E-state index >= 15 is 0 Å². The van der Waals surface area contributed by atoms with Crippen LogP contribution in [0.4, 0.5) is 5.82 Å². The molecule has 0 atom stereocenters. The molecule has 0 bridgehead atoms. The zero-order valence-electron chi connectivity index (χ0n) is 18.0. The van der Waals surface area contributed by atoms with Gasteiger partial charge in [0.2, 0.25) is 11.2 Å². The Labute approximate surface area is 187 Å². The summed E-state index contributed by atoms with van der Waals surface area (Å²) < 4.78 is 2.34. The molecule has 1 N–H and O–H groups in total. The minimum Gasteiger partial charge on any atom is -0.354 e. The molecule has 5 aromatic rings. The van der Waals surface area contributed by atoms with E-state index < -0.39 is 0 Å². The third kappa shape index (κ3) is 3.51. The summed E-state index contributed by atoms with van der Waals surface area (Å²) >= 11 is 0. The number of H-pyrrole nitrogens is 1. The van der Waals surface area contributed by atoms with Crippen molar-refractivity contribution in [3.8, 4) is 11.3 Å². The van der Waals surface area contributed by atoms with Crippen molar-refractivity contribution in [2.75, 3.05) is 31.1 Å². The van der Waals surface area contributed by atoms with Gasteiger partial charge in [-0.15, -0.1) is 0 Å². The summed E-state index contributed by atoms with van der Waals surface area (Å²) in [5, 5.41) is 0. The molecule has 0 saturated carbocycles. The first kappa shape index (κ1) is 19.0. The smallest absolute Gasteiger partial charge is 0.235 e. The van der Waals surface area contributed by atoms with Gasteiger partial charge < -0.3 is 9.30 Å². The maximum Gasteiger partial charge on any atom is 0.235 e. The van der Waals surface area contributed by atoms with Gasteiger partial charge in [0.15, 0.2) is 0 Å². The van der Waals surface area contributed by atoms with E-state index in [9.17, 15) is 0 Å². The largest absolute Gasteiger partial charge is 0.354 e. The van der Waals surface area contributed by atoms with Crippen molar-refractivity contribution < 1.29 is 4.98 Å². The Morgan fingerprint density at radius 1 is 0.781 bits per heavy atom. The Bertz CT molecular complexity index is 1350. The number of benzene rings is 2. The number of nitrogens with zero attached hydrogens (tertiary/aromatic N) is 4. The van der Waals surface area contributed by atoms with Gasteiger partial charge in [0.1, 0.15) is 16.9 Å². The fraction of sp³-hybridized carbons (Fsp3) is 0.185. The lowest BCUT2D eigenvalue weighted by atomic mass is 10.1. The molecule has 1 aliphatic rings. The molecule has 3 aromatic heterocycles. The molecule has 5 nitrogen and oxygen atoms in total. The maximum absolute atomic E-state index is 4.51. The van der Waals surface area contributed by atoms with E-state index in [4.69, 9.17) is 0 Å². The second-order valence-corrected chi connectivity index (χ2v) is 8.44. The maximum atomic E-state index is 4.51. The first-order valence-corrected chi connectivity index (χ1v) is 11.2. The number of aromatic amines is 1. The Morgan fingerprint density at radius 2 is 1.56 bits per heavy atom. The van der Waals surface area contributed by atoms with Crippen molar-refractivity contribution in [1.82, 2.24) is 14.3 Å². The molecule has 32 heavy (non-hydrogen) atoms. The number of nitrogens with one attached hydrogen (secondary N) is 1. The lowest BCUT2D eigenvalue weighted by molar-refractivity contribution is -0.330. The predicted molar refractivity (Wildman–Crippen MR) is 129 cm³/mol. The van der Waals surface area contributed by atoms with Crippen LogP contribution in [-0.2, 0) is 6.54 Å². The van der Waals surface area contributed by atoms with E-state index in [-0.39, 0.29) is 0 Å². The fourth-order valence-corrected chi connectivity index (χ4v) is 4.74. The number of para-hydroxylation sites is 2. The third-order valence-electron chi connectivity index (χ3n) is 6.37. The number of aromatic nitrogens is 3. The molecule has 1 saturated heterocycles. The summed E-state index contributed by atoms with van der Waals surface area (Å²) in [6.45, 7) is 5.06. The normalized spacial score (nSPS) is 14.9. The quantitative estimate of drug-likeness (QED) is 0.435. The van der Waals surface area contributed by atoms with Crippen LogP contribution in [-0.4, -0.2) is 40.5 Å².